The molecule has 0 bridgehead atoms. The Morgan fingerprint density at radius 2 is 2.31 bits per heavy atom. The van der Waals surface area contributed by atoms with Crippen LogP contribution in [0.2, 0.25) is 0 Å². The van der Waals surface area contributed by atoms with Crippen LogP contribution in [0, 0.1) is 5.82 Å². The third-order valence-electron chi connectivity index (χ3n) is 1.62. The van der Waals surface area contributed by atoms with E-state index < -0.39 is 5.82 Å². The SMILES string of the molecule is Nc1cc2oc(C=O)nc2cc1F. The maximum Gasteiger partial charge on any atom is 0.260 e. The van der Waals surface area contributed by atoms with Crippen LogP contribution in [0.15, 0.2) is 16.5 Å². The number of hydrogen-bond donors (Lipinski definition) is 1. The molecule has 0 spiro atoms. The second kappa shape index (κ2) is 2.55. The van der Waals surface area contributed by atoms with Gasteiger partial charge in [0.25, 0.3) is 5.89 Å². The second-order valence-corrected chi connectivity index (χ2v) is 2.51. The average Bonchev–Trinajstić information content (AvgIpc) is 2.48. The van der Waals surface area contributed by atoms with E-state index in [0.717, 1.165) is 6.07 Å². The van der Waals surface area contributed by atoms with Crippen molar-refractivity contribution >= 4 is 23.1 Å². The number of carbonyl (C=O) groups is 1. The van der Waals surface area contributed by atoms with Crippen molar-refractivity contribution < 1.29 is 13.6 Å². The molecular weight excluding hydrogens is 175 g/mol. The fraction of sp³-hybridized carbons (Fsp3) is 0. The van der Waals surface area contributed by atoms with Gasteiger partial charge in [-0.2, -0.15) is 0 Å². The number of oxazole rings is 1. The number of nitrogens with two attached hydrogens (primary N) is 1. The molecule has 1 aromatic carbocycles. The Morgan fingerprint density at radius 3 is 3.00 bits per heavy atom. The molecule has 0 amide bonds. The van der Waals surface area contributed by atoms with Gasteiger partial charge in [-0.15, -0.1) is 0 Å². The first-order valence-corrected chi connectivity index (χ1v) is 3.51. The highest BCUT2D eigenvalue weighted by atomic mass is 19.1. The van der Waals surface area contributed by atoms with E-state index in [4.69, 9.17) is 10.2 Å². The molecule has 0 aliphatic heterocycles. The lowest BCUT2D eigenvalue weighted by Gasteiger charge is -1.92. The highest BCUT2D eigenvalue weighted by Crippen LogP contribution is 2.20. The fourth-order valence-electron chi connectivity index (χ4n) is 1.03. The average molecular weight is 180 g/mol. The molecule has 0 aliphatic rings. The van der Waals surface area contributed by atoms with Gasteiger partial charge in [-0.3, -0.25) is 4.79 Å². The van der Waals surface area contributed by atoms with Gasteiger partial charge in [0.1, 0.15) is 11.3 Å². The number of aldehydes is 1. The third-order valence-corrected chi connectivity index (χ3v) is 1.62. The maximum atomic E-state index is 12.9. The first-order chi connectivity index (χ1) is 6.20. The van der Waals surface area contributed by atoms with E-state index in [0.29, 0.717) is 11.9 Å². The minimum Gasteiger partial charge on any atom is -0.434 e. The molecular formula is C8H5FN2O2. The van der Waals surface area contributed by atoms with E-state index >= 15 is 0 Å². The normalized spacial score (nSPS) is 10.5. The number of anilines is 1. The van der Waals surface area contributed by atoms with Gasteiger partial charge in [0.05, 0.1) is 5.69 Å². The summed E-state index contributed by atoms with van der Waals surface area (Å²) in [6, 6.07) is 2.42. The lowest BCUT2D eigenvalue weighted by Crippen LogP contribution is -1.88. The Balaban J connectivity index is 2.77. The van der Waals surface area contributed by atoms with E-state index in [-0.39, 0.29) is 17.1 Å². The number of nitrogens with zero attached hydrogens (tertiary/aromatic N) is 1. The minimum atomic E-state index is -0.571. The number of hydrogen-bond acceptors (Lipinski definition) is 4. The zero-order valence-electron chi connectivity index (χ0n) is 6.45. The Bertz CT molecular complexity index is 439. The summed E-state index contributed by atoms with van der Waals surface area (Å²) < 4.78 is 17.8. The van der Waals surface area contributed by atoms with Crippen LogP contribution in [0.5, 0.6) is 0 Å². The number of benzene rings is 1. The van der Waals surface area contributed by atoms with E-state index in [9.17, 15) is 9.18 Å². The van der Waals surface area contributed by atoms with Crippen molar-refractivity contribution in [2.45, 2.75) is 0 Å². The zero-order valence-corrected chi connectivity index (χ0v) is 6.45. The van der Waals surface area contributed by atoms with Crippen LogP contribution in [-0.2, 0) is 0 Å². The third kappa shape index (κ3) is 1.14. The van der Waals surface area contributed by atoms with Gasteiger partial charge < -0.3 is 10.2 Å². The summed E-state index contributed by atoms with van der Waals surface area (Å²) in [4.78, 5) is 14.0. The molecule has 5 heteroatoms. The zero-order chi connectivity index (χ0) is 9.42. The predicted molar refractivity (Wildman–Crippen MR) is 43.8 cm³/mol. The van der Waals surface area contributed by atoms with Crippen molar-refractivity contribution in [3.05, 3.63) is 23.8 Å². The monoisotopic (exact) mass is 180 g/mol. The molecule has 0 unspecified atom stereocenters. The molecule has 0 aliphatic carbocycles. The Labute approximate surface area is 72.2 Å². The minimum absolute atomic E-state index is 0.0268. The summed E-state index contributed by atoms with van der Waals surface area (Å²) in [5.74, 6) is -0.654. The highest BCUT2D eigenvalue weighted by Gasteiger charge is 2.07. The molecule has 2 N–H and O–H groups in total. The molecule has 66 valence electrons. The quantitative estimate of drug-likeness (QED) is 0.531. The topological polar surface area (TPSA) is 69.1 Å². The van der Waals surface area contributed by atoms with Crippen LogP contribution in [0.3, 0.4) is 0 Å². The van der Waals surface area contributed by atoms with Crippen molar-refractivity contribution in [2.75, 3.05) is 5.73 Å². The molecule has 0 fully saturated rings. The van der Waals surface area contributed by atoms with Gasteiger partial charge in [-0.25, -0.2) is 9.37 Å². The van der Waals surface area contributed by atoms with E-state index in [2.05, 4.69) is 4.98 Å². The van der Waals surface area contributed by atoms with Gasteiger partial charge in [0, 0.05) is 12.1 Å². The first kappa shape index (κ1) is 7.72. The summed E-state index contributed by atoms with van der Waals surface area (Å²) in [6.07, 6.45) is 0.452. The van der Waals surface area contributed by atoms with E-state index in [1.54, 1.807) is 0 Å². The molecule has 2 aromatic rings. The molecule has 0 saturated heterocycles. The lowest BCUT2D eigenvalue weighted by molar-refractivity contribution is 0.109. The van der Waals surface area contributed by atoms with Crippen molar-refractivity contribution in [2.24, 2.45) is 0 Å². The van der Waals surface area contributed by atoms with Gasteiger partial charge in [0.2, 0.25) is 6.29 Å². The van der Waals surface area contributed by atoms with Crippen molar-refractivity contribution in [3.63, 3.8) is 0 Å². The molecule has 4 nitrogen and oxygen atoms in total. The summed E-state index contributed by atoms with van der Waals surface area (Å²) in [6.45, 7) is 0. The van der Waals surface area contributed by atoms with Crippen molar-refractivity contribution in [1.82, 2.24) is 4.98 Å². The Kier molecular flexibility index (Phi) is 1.51. The molecule has 1 aromatic heterocycles. The summed E-state index contributed by atoms with van der Waals surface area (Å²) in [5, 5.41) is 0. The number of fused-ring (bicyclic) bond motifs is 1. The van der Waals surface area contributed by atoms with Crippen LogP contribution < -0.4 is 5.73 Å². The first-order valence-electron chi connectivity index (χ1n) is 3.51. The largest absolute Gasteiger partial charge is 0.434 e. The fourth-order valence-corrected chi connectivity index (χ4v) is 1.03. The number of halogens is 1. The van der Waals surface area contributed by atoms with Gasteiger partial charge >= 0.3 is 0 Å². The summed E-state index contributed by atoms with van der Waals surface area (Å²) >= 11 is 0. The van der Waals surface area contributed by atoms with Crippen LogP contribution in [0.1, 0.15) is 10.7 Å². The lowest BCUT2D eigenvalue weighted by atomic mass is 10.3. The number of nitrogen functional groups attached to an aromatic ring is 1. The van der Waals surface area contributed by atoms with Crippen LogP contribution in [0.4, 0.5) is 10.1 Å². The predicted octanol–water partition coefficient (Wildman–Crippen LogP) is 1.36. The van der Waals surface area contributed by atoms with Crippen molar-refractivity contribution in [1.29, 1.82) is 0 Å². The smallest absolute Gasteiger partial charge is 0.260 e. The molecule has 0 atom stereocenters. The summed E-state index contributed by atoms with van der Waals surface area (Å²) in [7, 11) is 0. The molecule has 0 saturated carbocycles. The van der Waals surface area contributed by atoms with Gasteiger partial charge in [-0.05, 0) is 0 Å². The highest BCUT2D eigenvalue weighted by molar-refractivity contribution is 5.81. The maximum absolute atomic E-state index is 12.9. The number of aromatic nitrogens is 1. The molecule has 0 radical (unpaired) electrons. The van der Waals surface area contributed by atoms with Crippen molar-refractivity contribution in [3.8, 4) is 0 Å². The molecule has 13 heavy (non-hydrogen) atoms. The van der Waals surface area contributed by atoms with E-state index in [1.807, 2.05) is 0 Å². The van der Waals surface area contributed by atoms with Gasteiger partial charge in [0.15, 0.2) is 5.58 Å². The van der Waals surface area contributed by atoms with E-state index in [1.165, 1.54) is 6.07 Å². The summed E-state index contributed by atoms with van der Waals surface area (Å²) in [5.41, 5.74) is 5.85. The second-order valence-electron chi connectivity index (χ2n) is 2.51. The van der Waals surface area contributed by atoms with Crippen LogP contribution >= 0.6 is 0 Å². The van der Waals surface area contributed by atoms with Gasteiger partial charge in [-0.1, -0.05) is 0 Å². The Hall–Kier alpha value is -1.91. The molecule has 1 heterocycles. The Morgan fingerprint density at radius 1 is 1.54 bits per heavy atom. The molecule has 2 rings (SSSR count). The van der Waals surface area contributed by atoms with Crippen LogP contribution in [0.25, 0.3) is 11.1 Å². The standard InChI is InChI=1S/C8H5FN2O2/c9-4-1-6-7(2-5(4)10)13-8(3-12)11-6/h1-3H,10H2. The van der Waals surface area contributed by atoms with Crippen LogP contribution in [-0.4, -0.2) is 11.3 Å². The number of rotatable bonds is 1. The number of carbonyl (C=O) groups excluding carboxylic acids is 1.